The van der Waals surface area contributed by atoms with Crippen LogP contribution < -0.4 is 4.90 Å². The summed E-state index contributed by atoms with van der Waals surface area (Å²) in [7, 11) is 0. The molecule has 1 spiro atoms. The fourth-order valence-corrected chi connectivity index (χ4v) is 4.23. The summed E-state index contributed by atoms with van der Waals surface area (Å²) in [6, 6.07) is 2.02. The zero-order chi connectivity index (χ0) is 14.8. The number of rotatable bonds is 1. The van der Waals surface area contributed by atoms with Crippen molar-refractivity contribution in [2.24, 2.45) is 5.41 Å². The molecular weight excluding hydrogens is 304 g/mol. The number of hydrogen-bond acceptors (Lipinski definition) is 3. The smallest absolute Gasteiger partial charge is 0.256 e. The number of nitrogens with zero attached hydrogens (tertiary/aromatic N) is 2. The number of thiazole rings is 1. The van der Waals surface area contributed by atoms with Gasteiger partial charge in [-0.25, -0.2) is 22.5 Å². The van der Waals surface area contributed by atoms with Crippen molar-refractivity contribution < 1.29 is 17.6 Å². The number of aromatic nitrogens is 1. The maximum Gasteiger partial charge on any atom is 0.256 e. The predicted molar refractivity (Wildman–Crippen MR) is 73.0 cm³/mol. The molecule has 1 unspecified atom stereocenters. The van der Waals surface area contributed by atoms with E-state index < -0.39 is 23.0 Å². The Morgan fingerprint density at radius 1 is 1.24 bits per heavy atom. The molecule has 1 saturated heterocycles. The van der Waals surface area contributed by atoms with Crippen LogP contribution in [0, 0.1) is 17.0 Å². The summed E-state index contributed by atoms with van der Waals surface area (Å²) in [6.45, 7) is 0.867. The summed E-state index contributed by atoms with van der Waals surface area (Å²) in [4.78, 5) is 5.96. The molecule has 0 radical (unpaired) electrons. The van der Waals surface area contributed by atoms with Gasteiger partial charge in [0.25, 0.3) is 5.92 Å². The number of alkyl halides is 2. The molecule has 4 rings (SSSR count). The van der Waals surface area contributed by atoms with E-state index in [0.29, 0.717) is 29.2 Å². The molecule has 21 heavy (non-hydrogen) atoms. The Bertz CT molecular complexity index is 729. The van der Waals surface area contributed by atoms with Gasteiger partial charge in [0.2, 0.25) is 0 Å². The average Bonchev–Trinajstić information content (AvgIpc) is 2.77. The second-order valence-electron chi connectivity index (χ2n) is 5.92. The zero-order valence-electron chi connectivity index (χ0n) is 11.0. The highest BCUT2D eigenvalue weighted by molar-refractivity contribution is 7.22. The van der Waals surface area contributed by atoms with E-state index >= 15 is 0 Å². The van der Waals surface area contributed by atoms with E-state index in [4.69, 9.17) is 0 Å². The van der Waals surface area contributed by atoms with Crippen molar-refractivity contribution in [3.8, 4) is 0 Å². The standard InChI is InChI=1S/C14H12F4N2S/c15-8-4-9(16)11-10(5-8)21-12(19-11)20-3-1-2-13(7-20)6-14(13,17)18/h4-5H,1-3,6-7H2. The van der Waals surface area contributed by atoms with E-state index in [9.17, 15) is 17.6 Å². The largest absolute Gasteiger partial charge is 0.347 e. The van der Waals surface area contributed by atoms with Gasteiger partial charge in [-0.2, -0.15) is 0 Å². The number of piperidine rings is 1. The van der Waals surface area contributed by atoms with Crippen LogP contribution in [0.2, 0.25) is 0 Å². The fraction of sp³-hybridized carbons (Fsp3) is 0.500. The summed E-state index contributed by atoms with van der Waals surface area (Å²) in [6.07, 6.45) is 1.11. The third-order valence-corrected chi connectivity index (χ3v) is 5.52. The Morgan fingerprint density at radius 2 is 2.00 bits per heavy atom. The van der Waals surface area contributed by atoms with Crippen molar-refractivity contribution in [3.05, 3.63) is 23.8 Å². The van der Waals surface area contributed by atoms with Crippen LogP contribution in [-0.4, -0.2) is 24.0 Å². The lowest BCUT2D eigenvalue weighted by Crippen LogP contribution is -2.39. The Morgan fingerprint density at radius 3 is 2.71 bits per heavy atom. The van der Waals surface area contributed by atoms with Crippen molar-refractivity contribution in [1.29, 1.82) is 0 Å². The SMILES string of the molecule is Fc1cc(F)c2nc(N3CCCC4(C3)CC4(F)F)sc2c1. The molecule has 1 atom stereocenters. The van der Waals surface area contributed by atoms with Crippen LogP contribution in [0.25, 0.3) is 10.2 Å². The minimum atomic E-state index is -2.60. The van der Waals surface area contributed by atoms with Gasteiger partial charge >= 0.3 is 0 Å². The van der Waals surface area contributed by atoms with Gasteiger partial charge in [0.05, 0.1) is 10.1 Å². The molecule has 7 heteroatoms. The lowest BCUT2D eigenvalue weighted by atomic mass is 9.95. The Labute approximate surface area is 122 Å². The maximum absolute atomic E-state index is 13.7. The van der Waals surface area contributed by atoms with Crippen LogP contribution in [0.5, 0.6) is 0 Å². The number of fused-ring (bicyclic) bond motifs is 1. The molecule has 0 N–H and O–H groups in total. The van der Waals surface area contributed by atoms with E-state index in [-0.39, 0.29) is 18.5 Å². The lowest BCUT2D eigenvalue weighted by molar-refractivity contribution is 0.0575. The minimum absolute atomic E-state index is 0.0790. The van der Waals surface area contributed by atoms with Crippen molar-refractivity contribution >= 4 is 26.7 Å². The zero-order valence-corrected chi connectivity index (χ0v) is 11.8. The minimum Gasteiger partial charge on any atom is -0.347 e. The molecular formula is C14H12F4N2S. The number of benzene rings is 1. The predicted octanol–water partition coefficient (Wildman–Crippen LogP) is 4.20. The van der Waals surface area contributed by atoms with Gasteiger partial charge < -0.3 is 4.90 Å². The quantitative estimate of drug-likeness (QED) is 0.733. The highest BCUT2D eigenvalue weighted by Crippen LogP contribution is 2.64. The molecule has 1 saturated carbocycles. The number of halogens is 4. The first-order chi connectivity index (χ1) is 9.90. The molecule has 2 aromatic rings. The topological polar surface area (TPSA) is 16.1 Å². The Kier molecular flexibility index (Phi) is 2.59. The summed E-state index contributed by atoms with van der Waals surface area (Å²) >= 11 is 1.15. The van der Waals surface area contributed by atoms with Gasteiger partial charge in [-0.15, -0.1) is 0 Å². The van der Waals surface area contributed by atoms with E-state index in [1.807, 2.05) is 0 Å². The van der Waals surface area contributed by atoms with Crippen LogP contribution in [-0.2, 0) is 0 Å². The summed E-state index contributed by atoms with van der Waals surface area (Å²) in [5, 5.41) is 0.497. The van der Waals surface area contributed by atoms with E-state index in [0.717, 1.165) is 17.4 Å². The van der Waals surface area contributed by atoms with Crippen LogP contribution in [0.3, 0.4) is 0 Å². The highest BCUT2D eigenvalue weighted by Gasteiger charge is 2.71. The second kappa shape index (κ2) is 4.09. The average molecular weight is 316 g/mol. The van der Waals surface area contributed by atoms with Crippen LogP contribution in [0.1, 0.15) is 19.3 Å². The second-order valence-corrected chi connectivity index (χ2v) is 6.93. The van der Waals surface area contributed by atoms with Gasteiger partial charge in [0.15, 0.2) is 10.9 Å². The number of hydrogen-bond donors (Lipinski definition) is 0. The highest BCUT2D eigenvalue weighted by atomic mass is 32.1. The third kappa shape index (κ3) is 1.93. The van der Waals surface area contributed by atoms with Gasteiger partial charge in [0, 0.05) is 25.6 Å². The molecule has 1 aromatic carbocycles. The van der Waals surface area contributed by atoms with Crippen LogP contribution >= 0.6 is 11.3 Å². The molecule has 0 bridgehead atoms. The normalized spacial score (nSPS) is 27.5. The maximum atomic E-state index is 13.7. The molecule has 2 aliphatic rings. The van der Waals surface area contributed by atoms with Crippen LogP contribution in [0.15, 0.2) is 12.1 Å². The third-order valence-electron chi connectivity index (χ3n) is 4.46. The van der Waals surface area contributed by atoms with E-state index in [1.165, 1.54) is 6.07 Å². The molecule has 0 amide bonds. The molecule has 2 fully saturated rings. The molecule has 112 valence electrons. The monoisotopic (exact) mass is 316 g/mol. The van der Waals surface area contributed by atoms with Gasteiger partial charge in [0.1, 0.15) is 11.3 Å². The van der Waals surface area contributed by atoms with Gasteiger partial charge in [-0.05, 0) is 18.9 Å². The summed E-state index contributed by atoms with van der Waals surface area (Å²) in [5.74, 6) is -3.96. The van der Waals surface area contributed by atoms with Gasteiger partial charge in [-0.1, -0.05) is 11.3 Å². The number of anilines is 1. The molecule has 1 aliphatic heterocycles. The molecule has 2 heterocycles. The van der Waals surface area contributed by atoms with Crippen molar-refractivity contribution in [1.82, 2.24) is 4.98 Å². The Balaban J connectivity index is 1.69. The van der Waals surface area contributed by atoms with Crippen molar-refractivity contribution in [2.45, 2.75) is 25.2 Å². The van der Waals surface area contributed by atoms with Gasteiger partial charge in [-0.3, -0.25) is 0 Å². The first-order valence-electron chi connectivity index (χ1n) is 6.79. The van der Waals surface area contributed by atoms with E-state index in [1.54, 1.807) is 4.90 Å². The van der Waals surface area contributed by atoms with Crippen molar-refractivity contribution in [3.63, 3.8) is 0 Å². The van der Waals surface area contributed by atoms with Crippen molar-refractivity contribution in [2.75, 3.05) is 18.0 Å². The summed E-state index contributed by atoms with van der Waals surface area (Å²) in [5.41, 5.74) is -0.828. The first kappa shape index (κ1) is 13.3. The summed E-state index contributed by atoms with van der Waals surface area (Å²) < 4.78 is 54.4. The lowest BCUT2D eigenvalue weighted by Gasteiger charge is -2.32. The molecule has 2 nitrogen and oxygen atoms in total. The fourth-order valence-electron chi connectivity index (χ4n) is 3.20. The molecule has 1 aliphatic carbocycles. The van der Waals surface area contributed by atoms with E-state index in [2.05, 4.69) is 4.98 Å². The first-order valence-corrected chi connectivity index (χ1v) is 7.60. The molecule has 1 aromatic heterocycles. The van der Waals surface area contributed by atoms with Crippen LogP contribution in [0.4, 0.5) is 22.7 Å². The Hall–Kier alpha value is -1.37.